The number of amides is 2. The molecule has 116 valence electrons. The molecule has 1 aliphatic rings. The van der Waals surface area contributed by atoms with Gasteiger partial charge in [0.05, 0.1) is 12.2 Å². The van der Waals surface area contributed by atoms with Gasteiger partial charge in [0.1, 0.15) is 0 Å². The topological polar surface area (TPSA) is 78.7 Å². The predicted octanol–water partition coefficient (Wildman–Crippen LogP) is 0.901. The minimum Gasteiger partial charge on any atom is -0.340 e. The van der Waals surface area contributed by atoms with Gasteiger partial charge in [0.15, 0.2) is 0 Å². The molecule has 0 unspecified atom stereocenters. The standard InChI is InChI=1S/C14H22N4O3/c1-10(2)12-8-14(21-16-12)15-13(20)9-17-4-6-18(7-5-17)11(3)19/h8,10H,4-7,9H2,1-3H3,(H,15,20). The van der Waals surface area contributed by atoms with Crippen LogP contribution in [0.4, 0.5) is 5.88 Å². The first-order valence-corrected chi connectivity index (χ1v) is 7.20. The maximum absolute atomic E-state index is 12.0. The Hall–Kier alpha value is -1.89. The number of anilines is 1. The van der Waals surface area contributed by atoms with Crippen LogP contribution < -0.4 is 5.32 Å². The number of carbonyl (C=O) groups excluding carboxylic acids is 2. The van der Waals surface area contributed by atoms with Gasteiger partial charge in [-0.15, -0.1) is 0 Å². The van der Waals surface area contributed by atoms with Crippen LogP contribution in [-0.2, 0) is 9.59 Å². The number of piperazine rings is 1. The number of aromatic nitrogens is 1. The number of hydrogen-bond acceptors (Lipinski definition) is 5. The Morgan fingerprint density at radius 3 is 2.52 bits per heavy atom. The van der Waals surface area contributed by atoms with Crippen LogP contribution in [0, 0.1) is 0 Å². The highest BCUT2D eigenvalue weighted by atomic mass is 16.5. The van der Waals surface area contributed by atoms with Gasteiger partial charge < -0.3 is 9.42 Å². The van der Waals surface area contributed by atoms with Crippen LogP contribution >= 0.6 is 0 Å². The molecule has 1 saturated heterocycles. The van der Waals surface area contributed by atoms with Crippen molar-refractivity contribution in [1.82, 2.24) is 15.0 Å². The normalized spacial score (nSPS) is 16.3. The van der Waals surface area contributed by atoms with Gasteiger partial charge in [0.2, 0.25) is 17.7 Å². The van der Waals surface area contributed by atoms with Crippen molar-refractivity contribution in [3.05, 3.63) is 11.8 Å². The second kappa shape index (κ2) is 6.71. The van der Waals surface area contributed by atoms with Gasteiger partial charge in [-0.1, -0.05) is 19.0 Å². The minimum absolute atomic E-state index is 0.0852. The van der Waals surface area contributed by atoms with Crippen LogP contribution in [0.15, 0.2) is 10.6 Å². The number of rotatable bonds is 4. The molecule has 0 saturated carbocycles. The van der Waals surface area contributed by atoms with Gasteiger partial charge in [0.25, 0.3) is 0 Å². The summed E-state index contributed by atoms with van der Waals surface area (Å²) in [7, 11) is 0. The van der Waals surface area contributed by atoms with Crippen LogP contribution in [0.3, 0.4) is 0 Å². The summed E-state index contributed by atoms with van der Waals surface area (Å²) in [6, 6.07) is 1.75. The minimum atomic E-state index is -0.127. The van der Waals surface area contributed by atoms with E-state index < -0.39 is 0 Å². The molecule has 0 atom stereocenters. The largest absolute Gasteiger partial charge is 0.340 e. The van der Waals surface area contributed by atoms with Crippen molar-refractivity contribution < 1.29 is 14.1 Å². The Kier molecular flexibility index (Phi) is 4.95. The summed E-state index contributed by atoms with van der Waals surface area (Å²) in [5, 5.41) is 6.61. The molecule has 1 fully saturated rings. The number of hydrogen-bond donors (Lipinski definition) is 1. The predicted molar refractivity (Wildman–Crippen MR) is 77.9 cm³/mol. The first kappa shape index (κ1) is 15.5. The SMILES string of the molecule is CC(=O)N1CCN(CC(=O)Nc2cc(C(C)C)no2)CC1. The van der Waals surface area contributed by atoms with E-state index in [4.69, 9.17) is 4.52 Å². The maximum Gasteiger partial charge on any atom is 0.240 e. The summed E-state index contributed by atoms with van der Waals surface area (Å²) in [6.07, 6.45) is 0. The van der Waals surface area contributed by atoms with Gasteiger partial charge in [-0.05, 0) is 5.92 Å². The molecule has 1 aromatic rings. The molecule has 0 aromatic carbocycles. The molecule has 1 aliphatic heterocycles. The molecule has 2 amide bonds. The van der Waals surface area contributed by atoms with E-state index in [1.807, 2.05) is 18.7 Å². The third-order valence-electron chi connectivity index (χ3n) is 3.57. The quantitative estimate of drug-likeness (QED) is 0.892. The van der Waals surface area contributed by atoms with Crippen LogP contribution in [0.25, 0.3) is 0 Å². The molecule has 2 rings (SSSR count). The van der Waals surface area contributed by atoms with Gasteiger partial charge in [-0.3, -0.25) is 19.8 Å². The summed E-state index contributed by atoms with van der Waals surface area (Å²) >= 11 is 0. The van der Waals surface area contributed by atoms with Crippen LogP contribution in [0.2, 0.25) is 0 Å². The van der Waals surface area contributed by atoms with E-state index in [0.29, 0.717) is 38.6 Å². The van der Waals surface area contributed by atoms with E-state index in [9.17, 15) is 9.59 Å². The summed E-state index contributed by atoms with van der Waals surface area (Å²) in [6.45, 7) is 8.64. The molecule has 0 spiro atoms. The first-order valence-electron chi connectivity index (χ1n) is 7.20. The molecule has 7 heteroatoms. The number of carbonyl (C=O) groups is 2. The van der Waals surface area contributed by atoms with E-state index in [1.165, 1.54) is 0 Å². The molecular formula is C14H22N4O3. The molecule has 1 N–H and O–H groups in total. The van der Waals surface area contributed by atoms with Gasteiger partial charge in [-0.2, -0.15) is 0 Å². The Morgan fingerprint density at radius 2 is 2.00 bits per heavy atom. The van der Waals surface area contributed by atoms with Crippen molar-refractivity contribution in [2.75, 3.05) is 38.0 Å². The zero-order chi connectivity index (χ0) is 15.4. The van der Waals surface area contributed by atoms with Crippen molar-refractivity contribution in [2.24, 2.45) is 0 Å². The van der Waals surface area contributed by atoms with Crippen LogP contribution in [0.1, 0.15) is 32.4 Å². The molecular weight excluding hydrogens is 272 g/mol. The Balaban J connectivity index is 1.78. The summed E-state index contributed by atoms with van der Waals surface area (Å²) < 4.78 is 5.08. The third-order valence-corrected chi connectivity index (χ3v) is 3.57. The van der Waals surface area contributed by atoms with Crippen LogP contribution in [-0.4, -0.2) is 59.5 Å². The Labute approximate surface area is 124 Å². The van der Waals surface area contributed by atoms with E-state index in [1.54, 1.807) is 17.9 Å². The molecule has 0 radical (unpaired) electrons. The van der Waals surface area contributed by atoms with Crippen molar-refractivity contribution in [3.8, 4) is 0 Å². The molecule has 7 nitrogen and oxygen atoms in total. The van der Waals surface area contributed by atoms with Gasteiger partial charge in [0, 0.05) is 39.2 Å². The van der Waals surface area contributed by atoms with E-state index >= 15 is 0 Å². The molecule has 2 heterocycles. The smallest absolute Gasteiger partial charge is 0.240 e. The second-order valence-corrected chi connectivity index (χ2v) is 5.60. The van der Waals surface area contributed by atoms with Crippen LogP contribution in [0.5, 0.6) is 0 Å². The van der Waals surface area contributed by atoms with Gasteiger partial charge in [-0.25, -0.2) is 0 Å². The van der Waals surface area contributed by atoms with Gasteiger partial charge >= 0.3 is 0 Å². The molecule has 0 bridgehead atoms. The van der Waals surface area contributed by atoms with E-state index in [2.05, 4.69) is 10.5 Å². The lowest BCUT2D eigenvalue weighted by atomic mass is 10.1. The second-order valence-electron chi connectivity index (χ2n) is 5.60. The lowest BCUT2D eigenvalue weighted by Crippen LogP contribution is -2.49. The fourth-order valence-electron chi connectivity index (χ4n) is 2.22. The molecule has 0 aliphatic carbocycles. The fourth-order valence-corrected chi connectivity index (χ4v) is 2.22. The average Bonchev–Trinajstić information content (AvgIpc) is 2.87. The lowest BCUT2D eigenvalue weighted by molar-refractivity contribution is -0.130. The zero-order valence-corrected chi connectivity index (χ0v) is 12.8. The monoisotopic (exact) mass is 294 g/mol. The highest BCUT2D eigenvalue weighted by molar-refractivity contribution is 5.91. The average molecular weight is 294 g/mol. The highest BCUT2D eigenvalue weighted by Crippen LogP contribution is 2.17. The van der Waals surface area contributed by atoms with E-state index in [0.717, 1.165) is 5.69 Å². The molecule has 21 heavy (non-hydrogen) atoms. The number of nitrogens with zero attached hydrogens (tertiary/aromatic N) is 3. The van der Waals surface area contributed by atoms with Crippen molar-refractivity contribution in [2.45, 2.75) is 26.7 Å². The highest BCUT2D eigenvalue weighted by Gasteiger charge is 2.20. The maximum atomic E-state index is 12.0. The van der Waals surface area contributed by atoms with Crippen molar-refractivity contribution in [1.29, 1.82) is 0 Å². The van der Waals surface area contributed by atoms with Crippen molar-refractivity contribution >= 4 is 17.7 Å². The molecule has 1 aromatic heterocycles. The Morgan fingerprint density at radius 1 is 1.33 bits per heavy atom. The Bertz CT molecular complexity index is 504. The third kappa shape index (κ3) is 4.29. The summed E-state index contributed by atoms with van der Waals surface area (Å²) in [4.78, 5) is 27.0. The van der Waals surface area contributed by atoms with E-state index in [-0.39, 0.29) is 17.7 Å². The summed E-state index contributed by atoms with van der Waals surface area (Å²) in [5.41, 5.74) is 0.820. The summed E-state index contributed by atoms with van der Waals surface area (Å²) in [5.74, 6) is 0.602. The zero-order valence-electron chi connectivity index (χ0n) is 12.8. The number of nitrogens with one attached hydrogen (secondary N) is 1. The fraction of sp³-hybridized carbons (Fsp3) is 0.643. The lowest BCUT2D eigenvalue weighted by Gasteiger charge is -2.33. The first-order chi connectivity index (χ1) is 9.95. The van der Waals surface area contributed by atoms with Crippen molar-refractivity contribution in [3.63, 3.8) is 0 Å².